The normalized spacial score (nSPS) is 45.3. The third kappa shape index (κ3) is 3.77. The fourth-order valence-corrected chi connectivity index (χ4v) is 11.9. The molecular formula is C36H44O4. The first-order valence-corrected chi connectivity index (χ1v) is 16.7. The van der Waals surface area contributed by atoms with E-state index in [2.05, 4.69) is 24.3 Å². The molecule has 0 aromatic heterocycles. The summed E-state index contributed by atoms with van der Waals surface area (Å²) in [6, 6.07) is 10.1. The third-order valence-corrected chi connectivity index (χ3v) is 12.9. The lowest BCUT2D eigenvalue weighted by Gasteiger charge is -2.57. The minimum atomic E-state index is 0.226. The lowest BCUT2D eigenvalue weighted by atomic mass is 9.47. The molecule has 8 aliphatic carbocycles. The summed E-state index contributed by atoms with van der Waals surface area (Å²) in [5.41, 5.74) is 3.65. The molecule has 10 fully saturated rings. The molecule has 0 N–H and O–H groups in total. The van der Waals surface area contributed by atoms with Gasteiger partial charge in [-0.3, -0.25) is 0 Å². The van der Waals surface area contributed by atoms with Gasteiger partial charge in [-0.25, -0.2) is 0 Å². The van der Waals surface area contributed by atoms with Crippen molar-refractivity contribution in [2.75, 3.05) is 26.4 Å². The Kier molecular flexibility index (Phi) is 4.99. The van der Waals surface area contributed by atoms with Gasteiger partial charge in [-0.1, -0.05) is 12.1 Å². The van der Waals surface area contributed by atoms with Crippen LogP contribution in [0.25, 0.3) is 10.8 Å². The number of hydrogen-bond donors (Lipinski definition) is 0. The minimum absolute atomic E-state index is 0.226. The average molecular weight is 541 g/mol. The van der Waals surface area contributed by atoms with Gasteiger partial charge in [-0.05, 0) is 146 Å². The van der Waals surface area contributed by atoms with Gasteiger partial charge >= 0.3 is 0 Å². The van der Waals surface area contributed by atoms with Crippen LogP contribution in [0.5, 0.6) is 11.5 Å². The Morgan fingerprint density at radius 3 is 1.57 bits per heavy atom. The first-order valence-electron chi connectivity index (χ1n) is 16.7. The summed E-state index contributed by atoms with van der Waals surface area (Å²) in [6.07, 6.45) is 17.4. The molecule has 2 atom stereocenters. The molecule has 2 aromatic carbocycles. The van der Waals surface area contributed by atoms with Gasteiger partial charge in [0.15, 0.2) is 11.5 Å². The molecule has 2 aromatic rings. The van der Waals surface area contributed by atoms with Crippen molar-refractivity contribution in [2.24, 2.45) is 35.5 Å². The maximum atomic E-state index is 6.84. The Hall–Kier alpha value is -1.78. The van der Waals surface area contributed by atoms with Gasteiger partial charge in [0, 0.05) is 10.9 Å². The Morgan fingerprint density at radius 2 is 1.07 bits per heavy atom. The van der Waals surface area contributed by atoms with E-state index in [-0.39, 0.29) is 17.6 Å². The van der Waals surface area contributed by atoms with Crippen molar-refractivity contribution in [3.05, 3.63) is 35.4 Å². The van der Waals surface area contributed by atoms with Gasteiger partial charge in [0.1, 0.15) is 25.4 Å². The number of epoxide rings is 2. The summed E-state index contributed by atoms with van der Waals surface area (Å²) < 4.78 is 24.9. The van der Waals surface area contributed by atoms with Crippen LogP contribution in [0.2, 0.25) is 0 Å². The maximum absolute atomic E-state index is 6.84. The van der Waals surface area contributed by atoms with Crippen LogP contribution in [0.1, 0.15) is 88.2 Å². The first kappa shape index (κ1) is 23.7. The van der Waals surface area contributed by atoms with E-state index in [1.165, 1.54) is 93.4 Å². The van der Waals surface area contributed by atoms with Gasteiger partial charge in [-0.2, -0.15) is 0 Å². The second-order valence-electron chi connectivity index (χ2n) is 15.9. The van der Waals surface area contributed by atoms with Crippen molar-refractivity contribution in [2.45, 2.75) is 100 Å². The Morgan fingerprint density at radius 1 is 0.600 bits per heavy atom. The van der Waals surface area contributed by atoms with E-state index >= 15 is 0 Å². The highest BCUT2D eigenvalue weighted by Gasteiger charge is 2.54. The minimum Gasteiger partial charge on any atom is -0.487 e. The molecular weight excluding hydrogens is 496 g/mol. The molecule has 2 aliphatic heterocycles. The third-order valence-electron chi connectivity index (χ3n) is 12.9. The zero-order chi connectivity index (χ0) is 26.1. The Labute approximate surface area is 238 Å². The number of ether oxygens (including phenoxy) is 4. The molecule has 0 amide bonds. The first-order chi connectivity index (χ1) is 19.6. The van der Waals surface area contributed by atoms with Crippen LogP contribution in [-0.2, 0) is 20.3 Å². The van der Waals surface area contributed by atoms with Crippen molar-refractivity contribution >= 4 is 10.8 Å². The molecule has 0 spiro atoms. The average Bonchev–Trinajstić information content (AvgIpc) is 3.84. The SMILES string of the molecule is c1cc2cc(C34CC5CC(CC(C5)C3)C4)c(OCC3CO3)c(OCC3CO3)c2cc1C12CC3CC(CC(C3)C1)C2. The predicted molar refractivity (Wildman–Crippen MR) is 154 cm³/mol. The lowest BCUT2D eigenvalue weighted by Crippen LogP contribution is -2.48. The highest BCUT2D eigenvalue weighted by Crippen LogP contribution is 2.64. The zero-order valence-corrected chi connectivity index (χ0v) is 23.9. The standard InChI is InChI=1S/C36H44O4/c1-2-28(35-11-21-3-22(12-35)5-23(4-21)13-35)10-31-27(1)9-32(36-14-24-6-25(15-36)8-26(7-24)16-36)34(40-20-30-18-38-30)33(31)39-19-29-17-37-29/h1-2,9-10,21-26,29-30H,3-8,11-20H2. The maximum Gasteiger partial charge on any atom is 0.169 e. The topological polar surface area (TPSA) is 43.5 Å². The van der Waals surface area contributed by atoms with Gasteiger partial charge in [0.25, 0.3) is 0 Å². The Balaban J connectivity index is 1.13. The van der Waals surface area contributed by atoms with Crippen LogP contribution in [0.15, 0.2) is 24.3 Å². The van der Waals surface area contributed by atoms with E-state index in [4.69, 9.17) is 18.9 Å². The summed E-state index contributed by atoms with van der Waals surface area (Å²) in [7, 11) is 0. The van der Waals surface area contributed by atoms with Gasteiger partial charge in [0.2, 0.25) is 0 Å². The molecule has 2 unspecified atom stereocenters. The summed E-state index contributed by atoms with van der Waals surface area (Å²) in [6.45, 7) is 2.90. The number of hydrogen-bond acceptors (Lipinski definition) is 4. The molecule has 2 heterocycles. The van der Waals surface area contributed by atoms with E-state index in [9.17, 15) is 0 Å². The van der Waals surface area contributed by atoms with Gasteiger partial charge < -0.3 is 18.9 Å². The van der Waals surface area contributed by atoms with E-state index in [1.807, 2.05) is 0 Å². The van der Waals surface area contributed by atoms with Crippen LogP contribution in [-0.4, -0.2) is 38.6 Å². The molecule has 2 saturated heterocycles. The summed E-state index contributed by atoms with van der Waals surface area (Å²) >= 11 is 0. The number of benzene rings is 2. The predicted octanol–water partition coefficient (Wildman–Crippen LogP) is 7.33. The molecule has 12 rings (SSSR count). The van der Waals surface area contributed by atoms with Gasteiger partial charge in [-0.15, -0.1) is 0 Å². The fraction of sp³-hybridized carbons (Fsp3) is 0.722. The highest BCUT2D eigenvalue weighted by atomic mass is 16.6. The second-order valence-corrected chi connectivity index (χ2v) is 15.9. The Bertz CT molecular complexity index is 1280. The number of rotatable bonds is 8. The summed E-state index contributed by atoms with van der Waals surface area (Å²) in [5, 5.41) is 2.62. The van der Waals surface area contributed by atoms with Crippen LogP contribution < -0.4 is 9.47 Å². The molecule has 8 bridgehead atoms. The van der Waals surface area contributed by atoms with Crippen molar-refractivity contribution in [3.8, 4) is 11.5 Å². The molecule has 40 heavy (non-hydrogen) atoms. The summed E-state index contributed by atoms with van der Waals surface area (Å²) in [4.78, 5) is 0. The van der Waals surface area contributed by atoms with E-state index < -0.39 is 0 Å². The summed E-state index contributed by atoms with van der Waals surface area (Å²) in [5.74, 6) is 7.57. The molecule has 4 heteroatoms. The van der Waals surface area contributed by atoms with Crippen LogP contribution >= 0.6 is 0 Å². The van der Waals surface area contributed by atoms with E-state index in [1.54, 1.807) is 5.56 Å². The van der Waals surface area contributed by atoms with E-state index in [0.717, 1.165) is 60.2 Å². The van der Waals surface area contributed by atoms with Gasteiger partial charge in [0.05, 0.1) is 13.2 Å². The van der Waals surface area contributed by atoms with Crippen molar-refractivity contribution in [3.63, 3.8) is 0 Å². The highest BCUT2D eigenvalue weighted by molar-refractivity contribution is 5.93. The van der Waals surface area contributed by atoms with E-state index in [0.29, 0.717) is 18.6 Å². The van der Waals surface area contributed by atoms with Crippen LogP contribution in [0.4, 0.5) is 0 Å². The zero-order valence-electron chi connectivity index (χ0n) is 23.9. The van der Waals surface area contributed by atoms with Crippen molar-refractivity contribution in [1.82, 2.24) is 0 Å². The molecule has 212 valence electrons. The lowest BCUT2D eigenvalue weighted by molar-refractivity contribution is -0.00661. The van der Waals surface area contributed by atoms with Crippen LogP contribution in [0.3, 0.4) is 0 Å². The molecule has 8 saturated carbocycles. The second kappa shape index (κ2) is 8.40. The smallest absolute Gasteiger partial charge is 0.169 e. The largest absolute Gasteiger partial charge is 0.487 e. The molecule has 0 radical (unpaired) electrons. The molecule has 10 aliphatic rings. The van der Waals surface area contributed by atoms with Crippen LogP contribution in [0, 0.1) is 35.5 Å². The monoisotopic (exact) mass is 540 g/mol. The molecule has 4 nitrogen and oxygen atoms in total. The fourth-order valence-electron chi connectivity index (χ4n) is 11.9. The van der Waals surface area contributed by atoms with Crippen molar-refractivity contribution < 1.29 is 18.9 Å². The quantitative estimate of drug-likeness (QED) is 0.329. The number of fused-ring (bicyclic) bond motifs is 1. The van der Waals surface area contributed by atoms with Crippen molar-refractivity contribution in [1.29, 1.82) is 0 Å².